The molecule has 0 atom stereocenters. The summed E-state index contributed by atoms with van der Waals surface area (Å²) in [4.78, 5) is 23.7. The Morgan fingerprint density at radius 2 is 1.96 bits per heavy atom. The summed E-state index contributed by atoms with van der Waals surface area (Å²) >= 11 is 1.27. The number of Topliss-reactive ketones (excluding diaryl/α,β-unsaturated/α-hetero) is 1. The summed E-state index contributed by atoms with van der Waals surface area (Å²) in [5.41, 5.74) is 1.21. The summed E-state index contributed by atoms with van der Waals surface area (Å²) in [5.74, 6) is -0.684. The Morgan fingerprint density at radius 1 is 1.21 bits per heavy atom. The van der Waals surface area contributed by atoms with Crippen molar-refractivity contribution in [3.05, 3.63) is 51.7 Å². The Bertz CT molecular complexity index is 740. The minimum atomic E-state index is -4.75. The first-order valence-corrected chi connectivity index (χ1v) is 7.80. The molecular weight excluding hydrogens is 343 g/mol. The van der Waals surface area contributed by atoms with Gasteiger partial charge in [0.1, 0.15) is 5.75 Å². The highest BCUT2D eigenvalue weighted by Gasteiger charge is 2.31. The van der Waals surface area contributed by atoms with E-state index in [1.807, 2.05) is 0 Å². The Labute approximate surface area is 140 Å². The predicted octanol–water partition coefficient (Wildman–Crippen LogP) is 3.71. The van der Waals surface area contributed by atoms with Gasteiger partial charge >= 0.3 is 6.36 Å². The van der Waals surface area contributed by atoms with Crippen molar-refractivity contribution in [1.82, 2.24) is 5.32 Å². The van der Waals surface area contributed by atoms with Gasteiger partial charge in [-0.05, 0) is 41.6 Å². The molecule has 1 aromatic heterocycles. The van der Waals surface area contributed by atoms with Gasteiger partial charge in [0.15, 0.2) is 5.78 Å². The second-order valence-corrected chi connectivity index (χ2v) is 5.94. The number of carbonyl (C=O) groups is 2. The van der Waals surface area contributed by atoms with Crippen molar-refractivity contribution >= 4 is 23.0 Å². The van der Waals surface area contributed by atoms with Gasteiger partial charge in [-0.25, -0.2) is 0 Å². The van der Waals surface area contributed by atoms with E-state index in [-0.39, 0.29) is 30.4 Å². The lowest BCUT2D eigenvalue weighted by Crippen LogP contribution is -2.24. The van der Waals surface area contributed by atoms with Crippen LogP contribution >= 0.6 is 11.3 Å². The molecule has 0 unspecified atom stereocenters. The number of alkyl halides is 3. The van der Waals surface area contributed by atoms with E-state index in [9.17, 15) is 22.8 Å². The molecular formula is C16H14F3NO3S. The summed E-state index contributed by atoms with van der Waals surface area (Å²) in [6.45, 7) is 1.53. The van der Waals surface area contributed by atoms with Crippen molar-refractivity contribution < 1.29 is 27.5 Å². The number of nitrogens with one attached hydrogen (secondary N) is 1. The van der Waals surface area contributed by atoms with Crippen LogP contribution in [0.4, 0.5) is 13.2 Å². The molecule has 0 saturated carbocycles. The normalized spacial score (nSPS) is 11.2. The minimum absolute atomic E-state index is 0.0619. The number of ketones is 1. The second kappa shape index (κ2) is 7.48. The number of carbonyl (C=O) groups excluding carboxylic acids is 2. The van der Waals surface area contributed by atoms with Gasteiger partial charge in [-0.1, -0.05) is 12.1 Å². The number of thiophene rings is 1. The monoisotopic (exact) mass is 357 g/mol. The Morgan fingerprint density at radius 3 is 2.58 bits per heavy atom. The van der Waals surface area contributed by atoms with E-state index in [0.29, 0.717) is 10.4 Å². The maximum atomic E-state index is 12.2. The minimum Gasteiger partial charge on any atom is -0.406 e. The lowest BCUT2D eigenvalue weighted by Gasteiger charge is -2.10. The number of rotatable bonds is 6. The lowest BCUT2D eigenvalue weighted by atomic mass is 10.2. The molecule has 128 valence electrons. The molecule has 8 heteroatoms. The molecule has 24 heavy (non-hydrogen) atoms. The molecule has 0 saturated heterocycles. The van der Waals surface area contributed by atoms with Crippen molar-refractivity contribution in [1.29, 1.82) is 0 Å². The maximum absolute atomic E-state index is 12.2. The van der Waals surface area contributed by atoms with Gasteiger partial charge in [0.25, 0.3) is 0 Å². The fourth-order valence-corrected chi connectivity index (χ4v) is 2.77. The van der Waals surface area contributed by atoms with E-state index < -0.39 is 6.36 Å². The first-order chi connectivity index (χ1) is 11.2. The number of hydrogen-bond donors (Lipinski definition) is 1. The molecule has 4 nitrogen and oxygen atoms in total. The van der Waals surface area contributed by atoms with Crippen LogP contribution < -0.4 is 10.1 Å². The quantitative estimate of drug-likeness (QED) is 0.802. The van der Waals surface area contributed by atoms with Crippen molar-refractivity contribution in [3.8, 4) is 5.75 Å². The highest BCUT2D eigenvalue weighted by molar-refractivity contribution is 7.12. The summed E-state index contributed by atoms with van der Waals surface area (Å²) in [7, 11) is 0. The Hall–Kier alpha value is -2.35. The van der Waals surface area contributed by atoms with Crippen LogP contribution in [0, 0.1) is 0 Å². The summed E-state index contributed by atoms with van der Waals surface area (Å²) in [5, 5.41) is 4.35. The van der Waals surface area contributed by atoms with Crippen LogP contribution in [0.25, 0.3) is 0 Å². The van der Waals surface area contributed by atoms with E-state index in [1.165, 1.54) is 36.5 Å². The fourth-order valence-electron chi connectivity index (χ4n) is 1.95. The molecule has 1 aromatic carbocycles. The van der Waals surface area contributed by atoms with Gasteiger partial charge in [0, 0.05) is 6.54 Å². The molecule has 1 heterocycles. The molecule has 1 amide bonds. The maximum Gasteiger partial charge on any atom is 0.573 e. The van der Waals surface area contributed by atoms with E-state index in [4.69, 9.17) is 0 Å². The van der Waals surface area contributed by atoms with Gasteiger partial charge in [-0.15, -0.1) is 24.5 Å². The van der Waals surface area contributed by atoms with Crippen LogP contribution in [0.5, 0.6) is 5.75 Å². The predicted molar refractivity (Wildman–Crippen MR) is 83.0 cm³/mol. The van der Waals surface area contributed by atoms with E-state index >= 15 is 0 Å². The van der Waals surface area contributed by atoms with E-state index in [0.717, 1.165) is 5.56 Å². The first kappa shape index (κ1) is 18.0. The third kappa shape index (κ3) is 5.69. The SMILES string of the molecule is CC(=O)c1cc(CC(=O)NCc2cccc(OC(F)(F)F)c2)cs1. The third-order valence-corrected chi connectivity index (χ3v) is 4.07. The standard InChI is InChI=1S/C16H14F3NO3S/c1-10(21)14-6-12(9-24-14)7-15(22)20-8-11-3-2-4-13(5-11)23-16(17,18)19/h2-6,9H,7-8H2,1H3,(H,20,22). The highest BCUT2D eigenvalue weighted by atomic mass is 32.1. The number of ether oxygens (including phenoxy) is 1. The molecule has 0 fully saturated rings. The molecule has 0 spiro atoms. The average molecular weight is 357 g/mol. The summed E-state index contributed by atoms with van der Waals surface area (Å²) in [6, 6.07) is 7.06. The molecule has 0 radical (unpaired) electrons. The largest absolute Gasteiger partial charge is 0.573 e. The van der Waals surface area contributed by atoms with Crippen LogP contribution in [0.15, 0.2) is 35.7 Å². The highest BCUT2D eigenvalue weighted by Crippen LogP contribution is 2.23. The zero-order valence-corrected chi connectivity index (χ0v) is 13.5. The molecule has 2 aromatic rings. The summed E-state index contributed by atoms with van der Waals surface area (Å²) < 4.78 is 40.3. The van der Waals surface area contributed by atoms with E-state index in [2.05, 4.69) is 10.1 Å². The first-order valence-electron chi connectivity index (χ1n) is 6.92. The third-order valence-electron chi connectivity index (χ3n) is 2.99. The summed E-state index contributed by atoms with van der Waals surface area (Å²) in [6.07, 6.45) is -4.65. The zero-order valence-electron chi connectivity index (χ0n) is 12.6. The van der Waals surface area contributed by atoms with Crippen molar-refractivity contribution in [2.75, 3.05) is 0 Å². The van der Waals surface area contributed by atoms with Gasteiger partial charge in [-0.3, -0.25) is 9.59 Å². The van der Waals surface area contributed by atoms with Crippen LogP contribution in [0.1, 0.15) is 27.7 Å². The van der Waals surface area contributed by atoms with Crippen molar-refractivity contribution in [2.24, 2.45) is 0 Å². The van der Waals surface area contributed by atoms with Crippen LogP contribution in [0.2, 0.25) is 0 Å². The number of benzene rings is 1. The van der Waals surface area contributed by atoms with Crippen LogP contribution in [-0.2, 0) is 17.8 Å². The van der Waals surface area contributed by atoms with Gasteiger partial charge in [-0.2, -0.15) is 0 Å². The topological polar surface area (TPSA) is 55.4 Å². The van der Waals surface area contributed by atoms with Gasteiger partial charge in [0.05, 0.1) is 11.3 Å². The second-order valence-electron chi connectivity index (χ2n) is 5.02. The molecule has 0 aliphatic heterocycles. The van der Waals surface area contributed by atoms with E-state index in [1.54, 1.807) is 17.5 Å². The number of halogens is 3. The Kier molecular flexibility index (Phi) is 5.61. The molecule has 2 rings (SSSR count). The van der Waals surface area contributed by atoms with Gasteiger partial charge in [0.2, 0.25) is 5.91 Å². The fraction of sp³-hybridized carbons (Fsp3) is 0.250. The van der Waals surface area contributed by atoms with Crippen LogP contribution in [0.3, 0.4) is 0 Å². The van der Waals surface area contributed by atoms with Crippen molar-refractivity contribution in [2.45, 2.75) is 26.3 Å². The Balaban J connectivity index is 1.89. The van der Waals surface area contributed by atoms with Crippen LogP contribution in [-0.4, -0.2) is 18.1 Å². The number of hydrogen-bond acceptors (Lipinski definition) is 4. The van der Waals surface area contributed by atoms with Gasteiger partial charge < -0.3 is 10.1 Å². The number of amides is 1. The smallest absolute Gasteiger partial charge is 0.406 e. The lowest BCUT2D eigenvalue weighted by molar-refractivity contribution is -0.274. The van der Waals surface area contributed by atoms with Crippen molar-refractivity contribution in [3.63, 3.8) is 0 Å². The molecule has 0 aliphatic rings. The zero-order chi connectivity index (χ0) is 17.7. The molecule has 1 N–H and O–H groups in total. The molecule has 0 bridgehead atoms. The average Bonchev–Trinajstić information content (AvgIpc) is 2.92. The molecule has 0 aliphatic carbocycles.